The molecule has 0 fully saturated rings. The van der Waals surface area contributed by atoms with Crippen molar-refractivity contribution >= 4 is 18.0 Å². The molecule has 1 aliphatic carbocycles. The van der Waals surface area contributed by atoms with Gasteiger partial charge >= 0.3 is 12.1 Å². The first-order valence-electron chi connectivity index (χ1n) is 10.6. The molecule has 7 heteroatoms. The smallest absolute Gasteiger partial charge is 0.407 e. The van der Waals surface area contributed by atoms with Crippen molar-refractivity contribution in [2.24, 2.45) is 0 Å². The molecule has 33 heavy (non-hydrogen) atoms. The SMILES string of the molecule is CC#CCC(NC(=O)/C(C)=C/CNC(=O)OCC1c2ccccc2-c2ccccc21)C(=O)O. The minimum absolute atomic E-state index is 0.0167. The quantitative estimate of drug-likeness (QED) is 0.426. The predicted molar refractivity (Wildman–Crippen MR) is 124 cm³/mol. The van der Waals surface area contributed by atoms with Crippen LogP contribution in [0.15, 0.2) is 60.2 Å². The van der Waals surface area contributed by atoms with Gasteiger partial charge in [0.15, 0.2) is 0 Å². The van der Waals surface area contributed by atoms with Gasteiger partial charge < -0.3 is 20.5 Å². The number of carboxylic acids is 1. The molecule has 1 aliphatic rings. The number of amides is 2. The third kappa shape index (κ3) is 5.80. The molecule has 3 N–H and O–H groups in total. The van der Waals surface area contributed by atoms with Gasteiger partial charge in [-0.25, -0.2) is 9.59 Å². The lowest BCUT2D eigenvalue weighted by atomic mass is 9.98. The average molecular weight is 447 g/mol. The number of ether oxygens (including phenoxy) is 1. The standard InChI is InChI=1S/C26H26N2O5/c1-3-4-13-23(25(30)31)28-24(29)17(2)14-15-27-26(32)33-16-22-20-11-7-5-9-18(20)19-10-6-8-12-21(19)22/h5-12,14,22-23H,13,15-16H2,1-2H3,(H,27,32)(H,28,29)(H,30,31)/b17-14+. The monoisotopic (exact) mass is 446 g/mol. The van der Waals surface area contributed by atoms with Crippen molar-refractivity contribution in [2.45, 2.75) is 32.2 Å². The van der Waals surface area contributed by atoms with E-state index in [0.717, 1.165) is 22.3 Å². The Kier molecular flexibility index (Phi) is 7.87. The molecule has 0 heterocycles. The second-order valence-corrected chi connectivity index (χ2v) is 7.59. The lowest BCUT2D eigenvalue weighted by molar-refractivity contribution is -0.141. The maximum Gasteiger partial charge on any atom is 0.407 e. The van der Waals surface area contributed by atoms with Crippen LogP contribution in [0.3, 0.4) is 0 Å². The number of carbonyl (C=O) groups excluding carboxylic acids is 2. The van der Waals surface area contributed by atoms with E-state index in [2.05, 4.69) is 34.6 Å². The van der Waals surface area contributed by atoms with Crippen LogP contribution in [-0.2, 0) is 14.3 Å². The van der Waals surface area contributed by atoms with Crippen molar-refractivity contribution in [3.8, 4) is 23.0 Å². The van der Waals surface area contributed by atoms with Crippen molar-refractivity contribution in [3.63, 3.8) is 0 Å². The number of hydrogen-bond acceptors (Lipinski definition) is 4. The van der Waals surface area contributed by atoms with Gasteiger partial charge in [0, 0.05) is 24.5 Å². The molecule has 1 unspecified atom stereocenters. The number of carboxylic acid groups (broad SMARTS) is 1. The summed E-state index contributed by atoms with van der Waals surface area (Å²) in [5.74, 6) is 3.52. The minimum Gasteiger partial charge on any atom is -0.480 e. The summed E-state index contributed by atoms with van der Waals surface area (Å²) in [6, 6.07) is 15.1. The Bertz CT molecular complexity index is 1100. The first-order valence-corrected chi connectivity index (χ1v) is 10.6. The summed E-state index contributed by atoms with van der Waals surface area (Å²) >= 11 is 0. The first-order chi connectivity index (χ1) is 15.9. The normalized spacial score (nSPS) is 13.1. The van der Waals surface area contributed by atoms with Crippen LogP contribution in [0.2, 0.25) is 0 Å². The third-order valence-electron chi connectivity index (χ3n) is 5.44. The number of nitrogens with one attached hydrogen (secondary N) is 2. The van der Waals surface area contributed by atoms with E-state index in [0.29, 0.717) is 0 Å². The van der Waals surface area contributed by atoms with Gasteiger partial charge in [-0.05, 0) is 36.1 Å². The molecule has 0 saturated heterocycles. The molecule has 0 aromatic heterocycles. The van der Waals surface area contributed by atoms with Gasteiger partial charge in [-0.15, -0.1) is 11.8 Å². The van der Waals surface area contributed by atoms with E-state index in [1.807, 2.05) is 36.4 Å². The van der Waals surface area contributed by atoms with Crippen molar-refractivity contribution in [1.29, 1.82) is 0 Å². The van der Waals surface area contributed by atoms with E-state index in [9.17, 15) is 19.5 Å². The van der Waals surface area contributed by atoms with Gasteiger partial charge in [0.2, 0.25) is 5.91 Å². The van der Waals surface area contributed by atoms with Gasteiger partial charge in [0.25, 0.3) is 0 Å². The number of rotatable bonds is 8. The molecule has 0 radical (unpaired) electrons. The van der Waals surface area contributed by atoms with Gasteiger partial charge in [-0.1, -0.05) is 54.6 Å². The van der Waals surface area contributed by atoms with Crippen molar-refractivity contribution < 1.29 is 24.2 Å². The van der Waals surface area contributed by atoms with Crippen LogP contribution in [0.5, 0.6) is 0 Å². The Morgan fingerprint density at radius 1 is 1.09 bits per heavy atom. The summed E-state index contributed by atoms with van der Waals surface area (Å²) in [5, 5.41) is 14.2. The van der Waals surface area contributed by atoms with Crippen LogP contribution in [-0.4, -0.2) is 42.3 Å². The van der Waals surface area contributed by atoms with E-state index < -0.39 is 24.0 Å². The lowest BCUT2D eigenvalue weighted by Crippen LogP contribution is -2.41. The maximum atomic E-state index is 12.2. The number of alkyl carbamates (subject to hydrolysis) is 1. The van der Waals surface area contributed by atoms with Gasteiger partial charge in [-0.2, -0.15) is 0 Å². The van der Waals surface area contributed by atoms with Crippen molar-refractivity contribution in [2.75, 3.05) is 13.2 Å². The number of carbonyl (C=O) groups is 3. The Morgan fingerprint density at radius 3 is 2.27 bits per heavy atom. The summed E-state index contributed by atoms with van der Waals surface area (Å²) in [4.78, 5) is 35.6. The van der Waals surface area contributed by atoms with E-state index in [1.165, 1.54) is 6.08 Å². The Labute approximate surface area is 192 Å². The van der Waals surface area contributed by atoms with Crippen LogP contribution in [0.1, 0.15) is 37.3 Å². The fourth-order valence-electron chi connectivity index (χ4n) is 3.71. The summed E-state index contributed by atoms with van der Waals surface area (Å²) < 4.78 is 5.45. The fraction of sp³-hybridized carbons (Fsp3) is 0.269. The molecule has 2 aromatic rings. The minimum atomic E-state index is -1.16. The Morgan fingerprint density at radius 2 is 1.70 bits per heavy atom. The van der Waals surface area contributed by atoms with E-state index in [1.54, 1.807) is 13.8 Å². The predicted octanol–water partition coefficient (Wildman–Crippen LogP) is 3.45. The van der Waals surface area contributed by atoms with Crippen LogP contribution in [0, 0.1) is 11.8 Å². The Balaban J connectivity index is 1.51. The van der Waals surface area contributed by atoms with Crippen LogP contribution >= 0.6 is 0 Å². The fourth-order valence-corrected chi connectivity index (χ4v) is 3.71. The lowest BCUT2D eigenvalue weighted by Gasteiger charge is -2.14. The second kappa shape index (κ2) is 11.0. The third-order valence-corrected chi connectivity index (χ3v) is 5.44. The van der Waals surface area contributed by atoms with E-state index >= 15 is 0 Å². The molecular formula is C26H26N2O5. The zero-order valence-electron chi connectivity index (χ0n) is 18.6. The van der Waals surface area contributed by atoms with Gasteiger partial charge in [0.05, 0.1) is 0 Å². The molecule has 0 bridgehead atoms. The highest BCUT2D eigenvalue weighted by Gasteiger charge is 2.29. The second-order valence-electron chi connectivity index (χ2n) is 7.59. The highest BCUT2D eigenvalue weighted by atomic mass is 16.5. The number of benzene rings is 2. The first kappa shape index (κ1) is 23.6. The number of hydrogen-bond donors (Lipinski definition) is 3. The molecule has 0 saturated carbocycles. The highest BCUT2D eigenvalue weighted by molar-refractivity contribution is 5.95. The average Bonchev–Trinajstić information content (AvgIpc) is 3.13. The summed E-state index contributed by atoms with van der Waals surface area (Å²) in [5.41, 5.74) is 4.83. The van der Waals surface area contributed by atoms with E-state index in [-0.39, 0.29) is 31.1 Å². The van der Waals surface area contributed by atoms with Crippen LogP contribution in [0.4, 0.5) is 4.79 Å². The van der Waals surface area contributed by atoms with Crippen molar-refractivity contribution in [3.05, 3.63) is 71.3 Å². The summed E-state index contributed by atoms with van der Waals surface area (Å²) in [6.07, 6.45) is 0.923. The molecule has 2 amide bonds. The largest absolute Gasteiger partial charge is 0.480 e. The molecular weight excluding hydrogens is 420 g/mol. The van der Waals surface area contributed by atoms with Crippen LogP contribution in [0.25, 0.3) is 11.1 Å². The number of fused-ring (bicyclic) bond motifs is 3. The highest BCUT2D eigenvalue weighted by Crippen LogP contribution is 2.44. The molecule has 0 aliphatic heterocycles. The van der Waals surface area contributed by atoms with Crippen molar-refractivity contribution in [1.82, 2.24) is 10.6 Å². The van der Waals surface area contributed by atoms with Crippen LogP contribution < -0.4 is 10.6 Å². The van der Waals surface area contributed by atoms with Gasteiger partial charge in [0.1, 0.15) is 12.6 Å². The topological polar surface area (TPSA) is 105 Å². The molecule has 3 rings (SSSR count). The molecule has 7 nitrogen and oxygen atoms in total. The molecule has 2 aromatic carbocycles. The Hall–Kier alpha value is -4.05. The molecule has 170 valence electrons. The van der Waals surface area contributed by atoms with E-state index in [4.69, 9.17) is 4.74 Å². The summed E-state index contributed by atoms with van der Waals surface area (Å²) in [6.45, 7) is 3.41. The molecule has 1 atom stereocenters. The molecule has 0 spiro atoms. The van der Waals surface area contributed by atoms with Gasteiger partial charge in [-0.3, -0.25) is 4.79 Å². The zero-order chi connectivity index (χ0) is 23.8. The number of aliphatic carboxylic acids is 1. The summed E-state index contributed by atoms with van der Waals surface area (Å²) in [7, 11) is 0. The zero-order valence-corrected chi connectivity index (χ0v) is 18.6. The maximum absolute atomic E-state index is 12.2.